The van der Waals surface area contributed by atoms with Crippen molar-refractivity contribution in [3.63, 3.8) is 0 Å². The van der Waals surface area contributed by atoms with Gasteiger partial charge in [-0.15, -0.1) is 0 Å². The summed E-state index contributed by atoms with van der Waals surface area (Å²) in [4.78, 5) is 11.9. The molecule has 0 aliphatic heterocycles. The molecule has 2 aromatic rings. The van der Waals surface area contributed by atoms with Crippen molar-refractivity contribution in [3.05, 3.63) is 46.3 Å². The number of nitrogens with two attached hydrogens (primary N) is 1. The van der Waals surface area contributed by atoms with Gasteiger partial charge in [0, 0.05) is 6.07 Å². The number of furan rings is 1. The molecule has 1 heterocycles. The molecule has 1 amide bonds. The van der Waals surface area contributed by atoms with Gasteiger partial charge in [0.15, 0.2) is 6.10 Å². The molecular weight excluding hydrogens is 315 g/mol. The molecule has 21 heavy (non-hydrogen) atoms. The first-order valence-corrected chi connectivity index (χ1v) is 6.94. The van der Waals surface area contributed by atoms with Gasteiger partial charge in [-0.2, -0.15) is 0 Å². The third-order valence-electron chi connectivity index (χ3n) is 2.74. The van der Waals surface area contributed by atoms with Crippen molar-refractivity contribution in [2.75, 3.05) is 5.73 Å². The predicted octanol–water partition coefficient (Wildman–Crippen LogP) is 3.25. The summed E-state index contributed by atoms with van der Waals surface area (Å²) in [5, 5.41) is 3.33. The molecule has 1 aromatic carbocycles. The second-order valence-corrected chi connectivity index (χ2v) is 5.18. The third-order valence-corrected chi connectivity index (χ3v) is 3.46. The van der Waals surface area contributed by atoms with E-state index in [2.05, 4.69) is 5.32 Å². The van der Waals surface area contributed by atoms with E-state index in [1.807, 2.05) is 0 Å². The lowest BCUT2D eigenvalue weighted by atomic mass is 10.3. The lowest BCUT2D eigenvalue weighted by Crippen LogP contribution is -2.35. The number of nitrogen functional groups attached to an aromatic ring is 1. The average molecular weight is 329 g/mol. The van der Waals surface area contributed by atoms with Crippen molar-refractivity contribution in [2.24, 2.45) is 0 Å². The van der Waals surface area contributed by atoms with Gasteiger partial charge >= 0.3 is 0 Å². The Morgan fingerprint density at radius 2 is 2.14 bits per heavy atom. The van der Waals surface area contributed by atoms with Crippen LogP contribution in [0, 0.1) is 0 Å². The first kappa shape index (κ1) is 15.5. The molecule has 0 saturated carbocycles. The number of anilines is 1. The zero-order chi connectivity index (χ0) is 15.4. The molecule has 1 atom stereocenters. The van der Waals surface area contributed by atoms with Crippen molar-refractivity contribution in [1.29, 1.82) is 0 Å². The van der Waals surface area contributed by atoms with Gasteiger partial charge in [-0.1, -0.05) is 23.2 Å². The molecule has 112 valence electrons. The molecule has 7 heteroatoms. The summed E-state index contributed by atoms with van der Waals surface area (Å²) in [5.74, 6) is 0.673. The van der Waals surface area contributed by atoms with E-state index >= 15 is 0 Å². The fourth-order valence-corrected chi connectivity index (χ4v) is 1.95. The highest BCUT2D eigenvalue weighted by Gasteiger charge is 2.17. The van der Waals surface area contributed by atoms with Crippen LogP contribution in [0.5, 0.6) is 5.75 Å². The highest BCUT2D eigenvalue weighted by Crippen LogP contribution is 2.32. The van der Waals surface area contributed by atoms with E-state index in [0.29, 0.717) is 27.2 Å². The van der Waals surface area contributed by atoms with Gasteiger partial charge in [0.25, 0.3) is 5.91 Å². The zero-order valence-corrected chi connectivity index (χ0v) is 12.7. The molecule has 0 saturated heterocycles. The minimum absolute atomic E-state index is 0.288. The maximum atomic E-state index is 11.9. The van der Waals surface area contributed by atoms with E-state index in [9.17, 15) is 4.79 Å². The number of rotatable bonds is 5. The van der Waals surface area contributed by atoms with Crippen molar-refractivity contribution in [1.82, 2.24) is 5.32 Å². The van der Waals surface area contributed by atoms with Gasteiger partial charge in [-0.25, -0.2) is 0 Å². The zero-order valence-electron chi connectivity index (χ0n) is 11.2. The summed E-state index contributed by atoms with van der Waals surface area (Å²) in [6.07, 6.45) is 0.803. The smallest absolute Gasteiger partial charge is 0.261 e. The van der Waals surface area contributed by atoms with Crippen molar-refractivity contribution in [3.8, 4) is 5.75 Å². The summed E-state index contributed by atoms with van der Waals surface area (Å²) < 4.78 is 10.6. The summed E-state index contributed by atoms with van der Waals surface area (Å²) >= 11 is 11.7. The number of hydrogen-bond donors (Lipinski definition) is 2. The number of hydrogen-bond acceptors (Lipinski definition) is 4. The maximum absolute atomic E-state index is 11.9. The normalized spacial score (nSPS) is 12.0. The maximum Gasteiger partial charge on any atom is 0.261 e. The largest absolute Gasteiger partial charge is 0.479 e. The Morgan fingerprint density at radius 1 is 1.43 bits per heavy atom. The average Bonchev–Trinajstić information content (AvgIpc) is 2.95. The Hall–Kier alpha value is -1.85. The van der Waals surface area contributed by atoms with Crippen LogP contribution in [0.3, 0.4) is 0 Å². The molecular formula is C14H14Cl2N2O3. The molecule has 1 unspecified atom stereocenters. The Kier molecular flexibility index (Phi) is 4.98. The fourth-order valence-electron chi connectivity index (χ4n) is 1.62. The highest BCUT2D eigenvalue weighted by molar-refractivity contribution is 6.42. The topological polar surface area (TPSA) is 77.5 Å². The monoisotopic (exact) mass is 328 g/mol. The molecule has 0 aliphatic rings. The Balaban J connectivity index is 1.95. The molecule has 0 bridgehead atoms. The molecule has 0 spiro atoms. The minimum atomic E-state index is -0.737. The first-order valence-electron chi connectivity index (χ1n) is 6.18. The number of amides is 1. The van der Waals surface area contributed by atoms with Gasteiger partial charge in [-0.05, 0) is 25.1 Å². The third kappa shape index (κ3) is 4.06. The van der Waals surface area contributed by atoms with Crippen LogP contribution in [0.2, 0.25) is 10.0 Å². The summed E-state index contributed by atoms with van der Waals surface area (Å²) in [6, 6.07) is 6.48. The van der Waals surface area contributed by atoms with Crippen LogP contribution < -0.4 is 15.8 Å². The predicted molar refractivity (Wildman–Crippen MR) is 81.5 cm³/mol. The number of nitrogens with one attached hydrogen (secondary N) is 1. The van der Waals surface area contributed by atoms with Gasteiger partial charge < -0.3 is 20.2 Å². The van der Waals surface area contributed by atoms with Crippen LogP contribution in [0.4, 0.5) is 5.69 Å². The number of halogens is 2. The summed E-state index contributed by atoms with van der Waals surface area (Å²) in [7, 11) is 0. The van der Waals surface area contributed by atoms with E-state index in [1.165, 1.54) is 18.4 Å². The Morgan fingerprint density at radius 3 is 2.81 bits per heavy atom. The molecule has 3 N–H and O–H groups in total. The Labute approximate surface area is 132 Å². The number of carbonyl (C=O) groups is 1. The van der Waals surface area contributed by atoms with Crippen LogP contribution in [0.1, 0.15) is 12.7 Å². The molecule has 0 radical (unpaired) electrons. The van der Waals surface area contributed by atoms with Crippen LogP contribution in [-0.4, -0.2) is 12.0 Å². The first-order chi connectivity index (χ1) is 9.97. The van der Waals surface area contributed by atoms with Crippen molar-refractivity contribution in [2.45, 2.75) is 19.6 Å². The number of benzene rings is 1. The van der Waals surface area contributed by atoms with E-state index in [0.717, 1.165) is 0 Å². The quantitative estimate of drug-likeness (QED) is 0.826. The van der Waals surface area contributed by atoms with Crippen LogP contribution >= 0.6 is 23.2 Å². The summed E-state index contributed by atoms with van der Waals surface area (Å²) in [6.45, 7) is 1.90. The van der Waals surface area contributed by atoms with E-state index < -0.39 is 6.10 Å². The van der Waals surface area contributed by atoms with Crippen molar-refractivity contribution < 1.29 is 13.9 Å². The molecule has 0 fully saturated rings. The molecule has 1 aromatic heterocycles. The molecule has 0 aliphatic carbocycles. The van der Waals surface area contributed by atoms with E-state index in [4.69, 9.17) is 38.1 Å². The van der Waals surface area contributed by atoms with Crippen LogP contribution in [-0.2, 0) is 11.3 Å². The standard InChI is InChI=1S/C14H14Cl2N2O3/c1-8(14(19)18-7-9-3-2-4-20-9)21-13-6-11(16)10(15)5-12(13)17/h2-6,8H,7,17H2,1H3,(H,18,19). The van der Waals surface area contributed by atoms with Crippen molar-refractivity contribution >= 4 is 34.8 Å². The lowest BCUT2D eigenvalue weighted by molar-refractivity contribution is -0.127. The second kappa shape index (κ2) is 6.74. The van der Waals surface area contributed by atoms with Gasteiger partial charge in [0.1, 0.15) is 11.5 Å². The molecule has 5 nitrogen and oxygen atoms in total. The fraction of sp³-hybridized carbons (Fsp3) is 0.214. The lowest BCUT2D eigenvalue weighted by Gasteiger charge is -2.16. The van der Waals surface area contributed by atoms with Crippen LogP contribution in [0.25, 0.3) is 0 Å². The van der Waals surface area contributed by atoms with Gasteiger partial charge in [-0.3, -0.25) is 4.79 Å². The highest BCUT2D eigenvalue weighted by atomic mass is 35.5. The SMILES string of the molecule is CC(Oc1cc(Cl)c(Cl)cc1N)C(=O)NCc1ccco1. The van der Waals surface area contributed by atoms with Gasteiger partial charge in [0.2, 0.25) is 0 Å². The minimum Gasteiger partial charge on any atom is -0.479 e. The Bertz CT molecular complexity index is 629. The van der Waals surface area contributed by atoms with E-state index in [1.54, 1.807) is 19.1 Å². The van der Waals surface area contributed by atoms with Crippen LogP contribution in [0.15, 0.2) is 34.9 Å². The molecule has 2 rings (SSSR count). The number of carbonyl (C=O) groups excluding carboxylic acids is 1. The summed E-state index contributed by atoms with van der Waals surface area (Å²) in [5.41, 5.74) is 6.09. The van der Waals surface area contributed by atoms with Gasteiger partial charge in [0.05, 0.1) is 28.5 Å². The second-order valence-electron chi connectivity index (χ2n) is 4.36. The van der Waals surface area contributed by atoms with E-state index in [-0.39, 0.29) is 12.5 Å². The number of ether oxygens (including phenoxy) is 1.